The predicted octanol–water partition coefficient (Wildman–Crippen LogP) is 14.7. The summed E-state index contributed by atoms with van der Waals surface area (Å²) in [4.78, 5) is 10.4. The van der Waals surface area contributed by atoms with Crippen LogP contribution in [0.4, 0.5) is 0 Å². The zero-order valence-electron chi connectivity index (χ0n) is 36.8. The first-order valence-electron chi connectivity index (χ1n) is 22.9. The molecule has 0 saturated carbocycles. The van der Waals surface area contributed by atoms with Crippen molar-refractivity contribution in [1.29, 1.82) is 0 Å². The molecule has 7 aromatic carbocycles. The van der Waals surface area contributed by atoms with Gasteiger partial charge in [0.15, 0.2) is 5.84 Å². The number of aliphatic imine (C=N–C) groups is 2. The Bertz CT molecular complexity index is 3370. The second-order valence-electron chi connectivity index (χ2n) is 18.6. The van der Waals surface area contributed by atoms with Crippen LogP contribution in [-0.2, 0) is 10.8 Å². The Hall–Kier alpha value is -7.62. The Morgan fingerprint density at radius 1 is 0.600 bits per heavy atom. The van der Waals surface area contributed by atoms with Gasteiger partial charge < -0.3 is 5.73 Å². The Balaban J connectivity index is 1.13. The fraction of sp³-hybridized carbons (Fsp3) is 0.129. The molecule has 12 rings (SSSR count). The van der Waals surface area contributed by atoms with Crippen LogP contribution in [0.5, 0.6) is 0 Å². The van der Waals surface area contributed by atoms with Gasteiger partial charge in [0.1, 0.15) is 5.84 Å². The maximum Gasteiger partial charge on any atom is 0.158 e. The highest BCUT2D eigenvalue weighted by atomic mass is 15.0. The molecule has 0 radical (unpaired) electrons. The summed E-state index contributed by atoms with van der Waals surface area (Å²) in [7, 11) is 0. The van der Waals surface area contributed by atoms with E-state index in [0.717, 1.165) is 29.5 Å². The SMILES string of the molecule is C=C(/N=C(\N=C(/N)c1ccccc1)C1=CC=CCC1)c1cccc2c1-c1cc(-c3c4c(c(-c5ccccc5)c5ccccc35)C=C4)ccc1C21c2ccccc2C(C)(C)C2C=CC=CC21. The average Bonchev–Trinajstić information content (AvgIpc) is 3.64. The minimum Gasteiger partial charge on any atom is -0.383 e. The molecular weight excluding hydrogens is 787 g/mol. The fourth-order valence-electron chi connectivity index (χ4n) is 12.0. The van der Waals surface area contributed by atoms with Gasteiger partial charge in [0.2, 0.25) is 0 Å². The van der Waals surface area contributed by atoms with Gasteiger partial charge in [-0.15, -0.1) is 0 Å². The van der Waals surface area contributed by atoms with Crippen molar-refractivity contribution in [3.8, 4) is 33.4 Å². The maximum atomic E-state index is 6.75. The van der Waals surface area contributed by atoms with Crippen LogP contribution < -0.4 is 5.73 Å². The molecule has 2 N–H and O–H groups in total. The highest BCUT2D eigenvalue weighted by Crippen LogP contribution is 2.66. The number of nitrogens with two attached hydrogens (primary N) is 1. The number of rotatable bonds is 6. The van der Waals surface area contributed by atoms with Crippen LogP contribution in [0, 0.1) is 11.8 Å². The van der Waals surface area contributed by atoms with E-state index in [0.29, 0.717) is 17.4 Å². The van der Waals surface area contributed by atoms with Gasteiger partial charge >= 0.3 is 0 Å². The van der Waals surface area contributed by atoms with E-state index in [2.05, 4.69) is 184 Å². The lowest BCUT2D eigenvalue weighted by Gasteiger charge is -2.54. The van der Waals surface area contributed by atoms with Crippen LogP contribution in [0.15, 0.2) is 210 Å². The zero-order chi connectivity index (χ0) is 43.9. The summed E-state index contributed by atoms with van der Waals surface area (Å²) < 4.78 is 0. The van der Waals surface area contributed by atoms with Crippen molar-refractivity contribution in [3.63, 3.8) is 0 Å². The van der Waals surface area contributed by atoms with Gasteiger partial charge in [-0.2, -0.15) is 0 Å². The van der Waals surface area contributed by atoms with E-state index >= 15 is 0 Å². The largest absolute Gasteiger partial charge is 0.383 e. The second kappa shape index (κ2) is 15.0. The molecule has 0 amide bonds. The van der Waals surface area contributed by atoms with Crippen LogP contribution in [0.1, 0.15) is 71.2 Å². The van der Waals surface area contributed by atoms with Crippen LogP contribution in [-0.4, -0.2) is 11.7 Å². The Morgan fingerprint density at radius 2 is 1.25 bits per heavy atom. The number of nitrogens with zero attached hydrogens (tertiary/aromatic N) is 2. The molecule has 0 fully saturated rings. The van der Waals surface area contributed by atoms with Crippen LogP contribution in [0.2, 0.25) is 0 Å². The Kier molecular flexibility index (Phi) is 9.00. The molecule has 3 atom stereocenters. The Labute approximate surface area is 381 Å². The third kappa shape index (κ3) is 5.81. The average molecular weight is 836 g/mol. The topological polar surface area (TPSA) is 50.7 Å². The third-order valence-electron chi connectivity index (χ3n) is 14.9. The normalized spacial score (nSPS) is 20.7. The molecule has 5 aliphatic carbocycles. The van der Waals surface area contributed by atoms with Crippen LogP contribution in [0.25, 0.3) is 62.0 Å². The van der Waals surface area contributed by atoms with Gasteiger partial charge in [-0.25, -0.2) is 9.98 Å². The van der Waals surface area contributed by atoms with E-state index < -0.39 is 5.41 Å². The summed E-state index contributed by atoms with van der Waals surface area (Å²) in [5.41, 5.74) is 25.1. The van der Waals surface area contributed by atoms with Crippen molar-refractivity contribution in [1.82, 2.24) is 0 Å². The summed E-state index contributed by atoms with van der Waals surface area (Å²) >= 11 is 0. The molecule has 5 aliphatic rings. The van der Waals surface area contributed by atoms with Crippen molar-refractivity contribution in [2.75, 3.05) is 0 Å². The molecule has 0 saturated heterocycles. The highest BCUT2D eigenvalue weighted by molar-refractivity contribution is 6.17. The van der Waals surface area contributed by atoms with E-state index in [1.807, 2.05) is 30.3 Å². The van der Waals surface area contributed by atoms with Crippen molar-refractivity contribution >= 4 is 40.3 Å². The number of hydrogen-bond donors (Lipinski definition) is 1. The number of fused-ring (bicyclic) bond motifs is 11. The Morgan fingerprint density at radius 3 is 1.95 bits per heavy atom. The molecule has 3 unspecified atom stereocenters. The van der Waals surface area contributed by atoms with Gasteiger partial charge in [0.05, 0.1) is 11.1 Å². The molecule has 3 nitrogen and oxygen atoms in total. The van der Waals surface area contributed by atoms with Gasteiger partial charge in [0.25, 0.3) is 0 Å². The molecule has 312 valence electrons. The van der Waals surface area contributed by atoms with Crippen molar-refractivity contribution in [2.45, 2.75) is 37.5 Å². The highest BCUT2D eigenvalue weighted by Gasteiger charge is 2.59. The predicted molar refractivity (Wildman–Crippen MR) is 274 cm³/mol. The van der Waals surface area contributed by atoms with Crippen LogP contribution in [0.3, 0.4) is 0 Å². The standard InChI is InChI=1S/C62H49N3/c1-39(64-60(42-24-11-6-12-25-42)65-59(63)41-22-9-5-10-23-41)44-28-19-33-55-58(44)49-38-43(57-46-27-14-13-26-45(46)56(47-35-36-48(47)57)40-20-7-4-8-21-40)34-37-50(49)62(55)53-31-17-15-29-51(53)61(2,3)52-30-16-18-32-54(52)62/h4-11,13-24,26-38,51,53H,1,12,25H2,2-3H3,(H2,63,64,65). The molecule has 0 bridgehead atoms. The minimum absolute atomic E-state index is 0.0933. The van der Waals surface area contributed by atoms with Crippen molar-refractivity contribution in [2.24, 2.45) is 27.6 Å². The minimum atomic E-state index is -0.471. The smallest absolute Gasteiger partial charge is 0.158 e. The summed E-state index contributed by atoms with van der Waals surface area (Å²) in [6, 6.07) is 53.1. The van der Waals surface area contributed by atoms with E-state index in [4.69, 9.17) is 22.3 Å². The molecule has 0 heterocycles. The van der Waals surface area contributed by atoms with Gasteiger partial charge in [-0.05, 0) is 113 Å². The first-order valence-corrected chi connectivity index (χ1v) is 22.9. The van der Waals surface area contributed by atoms with E-state index in [-0.39, 0.29) is 17.3 Å². The molecule has 3 heteroatoms. The molecule has 0 aromatic heterocycles. The molecular formula is C62H49N3. The lowest BCUT2D eigenvalue weighted by Crippen LogP contribution is -2.51. The van der Waals surface area contributed by atoms with Gasteiger partial charge in [-0.1, -0.05) is 215 Å². The maximum absolute atomic E-state index is 6.75. The molecule has 1 spiro atoms. The molecule has 65 heavy (non-hydrogen) atoms. The first-order chi connectivity index (χ1) is 31.9. The zero-order valence-corrected chi connectivity index (χ0v) is 36.8. The van der Waals surface area contributed by atoms with E-state index in [1.54, 1.807) is 0 Å². The van der Waals surface area contributed by atoms with E-state index in [1.165, 1.54) is 77.5 Å². The van der Waals surface area contributed by atoms with Gasteiger partial charge in [0, 0.05) is 17.0 Å². The first kappa shape index (κ1) is 39.0. The number of benzene rings is 7. The quantitative estimate of drug-likeness (QED) is 0.132. The van der Waals surface area contributed by atoms with E-state index in [9.17, 15) is 0 Å². The van der Waals surface area contributed by atoms with Gasteiger partial charge in [-0.3, -0.25) is 0 Å². The summed E-state index contributed by atoms with van der Waals surface area (Å²) in [6.07, 6.45) is 22.2. The summed E-state index contributed by atoms with van der Waals surface area (Å²) in [5, 5.41) is 2.51. The number of allylic oxidation sites excluding steroid dienone is 7. The second-order valence-corrected chi connectivity index (χ2v) is 18.6. The van der Waals surface area contributed by atoms with Crippen molar-refractivity contribution < 1.29 is 0 Å². The number of hydrogen-bond acceptors (Lipinski definition) is 1. The molecule has 0 aliphatic heterocycles. The molecule has 7 aromatic rings. The summed E-state index contributed by atoms with van der Waals surface area (Å²) in [5.74, 6) is 1.45. The third-order valence-corrected chi connectivity index (χ3v) is 14.9. The number of amidine groups is 2. The lowest BCUT2D eigenvalue weighted by atomic mass is 9.48. The summed E-state index contributed by atoms with van der Waals surface area (Å²) in [6.45, 7) is 9.65. The fourth-order valence-corrected chi connectivity index (χ4v) is 12.0. The lowest BCUT2D eigenvalue weighted by molar-refractivity contribution is 0.219. The van der Waals surface area contributed by atoms with Crippen molar-refractivity contribution in [3.05, 3.63) is 245 Å². The monoisotopic (exact) mass is 835 g/mol. The van der Waals surface area contributed by atoms with Crippen LogP contribution >= 0.6 is 0 Å².